The molecule has 2 aromatic carbocycles. The second kappa shape index (κ2) is 9.33. The molecule has 0 atom stereocenters. The largest absolute Gasteiger partial charge is 0.332 e. The zero-order valence-corrected chi connectivity index (χ0v) is 18.4. The number of likely N-dealkylation sites (N-methyl/N-ethyl adjacent to an activating group) is 1. The van der Waals surface area contributed by atoms with Crippen molar-refractivity contribution in [1.29, 1.82) is 5.26 Å². The first-order valence-corrected chi connectivity index (χ1v) is 10.8. The van der Waals surface area contributed by atoms with Crippen LogP contribution >= 0.6 is 0 Å². The van der Waals surface area contributed by atoms with Gasteiger partial charge >= 0.3 is 0 Å². The van der Waals surface area contributed by atoms with Crippen LogP contribution in [0, 0.1) is 17.1 Å². The standard InChI is InChI=1S/C25H26FN5O/c1-29(2)14-15-30(17-19-8-6-18(16-27)7-9-19)25(32)24-22-4-3-5-23(22)31(28-24)21-12-10-20(26)11-13-21/h6-13H,3-5,14-15,17H2,1-2H3. The normalized spacial score (nSPS) is 12.6. The van der Waals surface area contributed by atoms with Crippen molar-refractivity contribution in [3.63, 3.8) is 0 Å². The quantitative estimate of drug-likeness (QED) is 0.574. The van der Waals surface area contributed by atoms with Crippen LogP contribution in [0.25, 0.3) is 5.69 Å². The number of nitrogens with zero attached hydrogens (tertiary/aromatic N) is 5. The van der Waals surface area contributed by atoms with E-state index in [2.05, 4.69) is 6.07 Å². The number of aromatic nitrogens is 2. The van der Waals surface area contributed by atoms with E-state index in [0.717, 1.165) is 48.3 Å². The molecule has 0 N–H and O–H groups in total. The van der Waals surface area contributed by atoms with Gasteiger partial charge in [0.2, 0.25) is 0 Å². The zero-order valence-electron chi connectivity index (χ0n) is 18.4. The third kappa shape index (κ3) is 4.56. The summed E-state index contributed by atoms with van der Waals surface area (Å²) in [7, 11) is 3.96. The van der Waals surface area contributed by atoms with Crippen LogP contribution in [0.4, 0.5) is 4.39 Å². The molecular formula is C25H26FN5O. The second-order valence-corrected chi connectivity index (χ2v) is 8.35. The molecule has 0 saturated carbocycles. The van der Waals surface area contributed by atoms with E-state index in [1.54, 1.807) is 28.9 Å². The summed E-state index contributed by atoms with van der Waals surface area (Å²) >= 11 is 0. The molecule has 0 radical (unpaired) electrons. The first-order chi connectivity index (χ1) is 15.5. The molecule has 3 aromatic rings. The van der Waals surface area contributed by atoms with Crippen molar-refractivity contribution in [2.75, 3.05) is 27.2 Å². The molecule has 4 rings (SSSR count). The van der Waals surface area contributed by atoms with E-state index >= 15 is 0 Å². The van der Waals surface area contributed by atoms with Crippen LogP contribution < -0.4 is 0 Å². The molecule has 0 bridgehead atoms. The van der Waals surface area contributed by atoms with Gasteiger partial charge in [-0.05, 0) is 75.3 Å². The van der Waals surface area contributed by atoms with E-state index in [-0.39, 0.29) is 11.7 Å². The van der Waals surface area contributed by atoms with Gasteiger partial charge in [-0.25, -0.2) is 9.07 Å². The van der Waals surface area contributed by atoms with Gasteiger partial charge in [0.15, 0.2) is 5.69 Å². The highest BCUT2D eigenvalue weighted by atomic mass is 19.1. The maximum absolute atomic E-state index is 13.7. The molecule has 0 fully saturated rings. The number of amides is 1. The SMILES string of the molecule is CN(C)CCN(Cc1ccc(C#N)cc1)C(=O)c1nn(-c2ccc(F)cc2)c2c1CCC2. The molecule has 0 unspecified atom stereocenters. The summed E-state index contributed by atoms with van der Waals surface area (Å²) in [4.78, 5) is 17.5. The number of fused-ring (bicyclic) bond motifs is 1. The molecule has 164 valence electrons. The molecule has 1 aromatic heterocycles. The topological polar surface area (TPSA) is 65.2 Å². The minimum Gasteiger partial charge on any atom is -0.332 e. The van der Waals surface area contributed by atoms with Gasteiger partial charge in [-0.2, -0.15) is 10.4 Å². The van der Waals surface area contributed by atoms with Crippen molar-refractivity contribution >= 4 is 5.91 Å². The maximum atomic E-state index is 13.7. The van der Waals surface area contributed by atoms with Gasteiger partial charge in [0.05, 0.1) is 17.3 Å². The molecule has 32 heavy (non-hydrogen) atoms. The number of rotatable bonds is 7. The highest BCUT2D eigenvalue weighted by Crippen LogP contribution is 2.29. The Labute approximate surface area is 187 Å². The predicted octanol–water partition coefficient (Wildman–Crippen LogP) is 3.58. The molecule has 1 aliphatic carbocycles. The lowest BCUT2D eigenvalue weighted by Gasteiger charge is -2.24. The summed E-state index contributed by atoms with van der Waals surface area (Å²) in [5.74, 6) is -0.402. The van der Waals surface area contributed by atoms with Crippen molar-refractivity contribution in [3.05, 3.63) is 82.4 Å². The molecular weight excluding hydrogens is 405 g/mol. The molecule has 6 nitrogen and oxygen atoms in total. The minimum absolute atomic E-state index is 0.102. The predicted molar refractivity (Wildman–Crippen MR) is 120 cm³/mol. The van der Waals surface area contributed by atoms with E-state index in [4.69, 9.17) is 10.4 Å². The third-order valence-corrected chi connectivity index (χ3v) is 5.76. The smallest absolute Gasteiger partial charge is 0.275 e. The van der Waals surface area contributed by atoms with Crippen LogP contribution in [0.2, 0.25) is 0 Å². The molecule has 1 amide bonds. The number of halogens is 1. The first kappa shape index (κ1) is 21.7. The molecule has 1 aliphatic rings. The maximum Gasteiger partial charge on any atom is 0.275 e. The summed E-state index contributed by atoms with van der Waals surface area (Å²) in [6.07, 6.45) is 2.64. The van der Waals surface area contributed by atoms with Gasteiger partial charge in [-0.1, -0.05) is 12.1 Å². The Morgan fingerprint density at radius 3 is 2.47 bits per heavy atom. The van der Waals surface area contributed by atoms with Crippen LogP contribution in [0.5, 0.6) is 0 Å². The van der Waals surface area contributed by atoms with Gasteiger partial charge in [-0.15, -0.1) is 0 Å². The number of carbonyl (C=O) groups is 1. The van der Waals surface area contributed by atoms with Gasteiger partial charge in [0.1, 0.15) is 5.82 Å². The number of carbonyl (C=O) groups excluding carboxylic acids is 1. The molecule has 0 aliphatic heterocycles. The van der Waals surface area contributed by atoms with Crippen LogP contribution in [0.3, 0.4) is 0 Å². The summed E-state index contributed by atoms with van der Waals surface area (Å²) in [5.41, 5.74) is 4.83. The number of hydrogen-bond acceptors (Lipinski definition) is 4. The second-order valence-electron chi connectivity index (χ2n) is 8.35. The van der Waals surface area contributed by atoms with Gasteiger partial charge in [-0.3, -0.25) is 4.79 Å². The number of nitriles is 1. The van der Waals surface area contributed by atoms with Crippen LogP contribution in [-0.4, -0.2) is 52.7 Å². The Morgan fingerprint density at radius 1 is 1.09 bits per heavy atom. The summed E-state index contributed by atoms with van der Waals surface area (Å²) in [6, 6.07) is 15.6. The van der Waals surface area contributed by atoms with Crippen LogP contribution in [0.15, 0.2) is 48.5 Å². The lowest BCUT2D eigenvalue weighted by Crippen LogP contribution is -2.37. The summed E-state index contributed by atoms with van der Waals surface area (Å²) < 4.78 is 15.2. The van der Waals surface area contributed by atoms with Crippen molar-refractivity contribution in [2.45, 2.75) is 25.8 Å². The average Bonchev–Trinajstić information content (AvgIpc) is 3.40. The van der Waals surface area contributed by atoms with Crippen molar-refractivity contribution in [2.24, 2.45) is 0 Å². The zero-order chi connectivity index (χ0) is 22.7. The van der Waals surface area contributed by atoms with Crippen molar-refractivity contribution in [1.82, 2.24) is 19.6 Å². The fraction of sp³-hybridized carbons (Fsp3) is 0.320. The first-order valence-electron chi connectivity index (χ1n) is 10.8. The highest BCUT2D eigenvalue weighted by molar-refractivity contribution is 5.94. The van der Waals surface area contributed by atoms with Gasteiger partial charge < -0.3 is 9.80 Å². The molecule has 7 heteroatoms. The van der Waals surface area contributed by atoms with E-state index in [1.807, 2.05) is 36.0 Å². The molecule has 0 spiro atoms. The summed E-state index contributed by atoms with van der Waals surface area (Å²) in [5, 5.41) is 13.7. The minimum atomic E-state index is -0.300. The Balaban J connectivity index is 1.66. The van der Waals surface area contributed by atoms with Crippen LogP contribution in [-0.2, 0) is 19.4 Å². The van der Waals surface area contributed by atoms with E-state index in [0.29, 0.717) is 24.3 Å². The summed E-state index contributed by atoms with van der Waals surface area (Å²) in [6.45, 7) is 1.73. The monoisotopic (exact) mass is 431 g/mol. The van der Waals surface area contributed by atoms with Crippen molar-refractivity contribution < 1.29 is 9.18 Å². The highest BCUT2D eigenvalue weighted by Gasteiger charge is 2.29. The third-order valence-electron chi connectivity index (χ3n) is 5.76. The van der Waals surface area contributed by atoms with E-state index in [9.17, 15) is 9.18 Å². The van der Waals surface area contributed by atoms with Gasteiger partial charge in [0, 0.05) is 30.9 Å². The lowest BCUT2D eigenvalue weighted by atomic mass is 10.1. The Kier molecular flexibility index (Phi) is 6.33. The van der Waals surface area contributed by atoms with E-state index in [1.165, 1.54) is 12.1 Å². The fourth-order valence-electron chi connectivity index (χ4n) is 4.03. The molecule has 0 saturated heterocycles. The Bertz CT molecular complexity index is 1140. The van der Waals surface area contributed by atoms with Crippen LogP contribution in [0.1, 0.15) is 39.3 Å². The van der Waals surface area contributed by atoms with Gasteiger partial charge in [0.25, 0.3) is 5.91 Å². The van der Waals surface area contributed by atoms with Crippen molar-refractivity contribution in [3.8, 4) is 11.8 Å². The number of hydrogen-bond donors (Lipinski definition) is 0. The number of benzene rings is 2. The Hall–Kier alpha value is -3.50. The molecule has 1 heterocycles. The van der Waals surface area contributed by atoms with E-state index < -0.39 is 0 Å². The average molecular weight is 432 g/mol. The lowest BCUT2D eigenvalue weighted by molar-refractivity contribution is 0.0724. The fourth-order valence-corrected chi connectivity index (χ4v) is 4.03. The Morgan fingerprint density at radius 2 is 1.81 bits per heavy atom.